The summed E-state index contributed by atoms with van der Waals surface area (Å²) in [7, 11) is 0. The van der Waals surface area contributed by atoms with Crippen molar-refractivity contribution in [1.82, 2.24) is 19.7 Å². The second-order valence-electron chi connectivity index (χ2n) is 7.43. The van der Waals surface area contributed by atoms with Gasteiger partial charge in [0.05, 0.1) is 29.3 Å². The van der Waals surface area contributed by atoms with Crippen molar-refractivity contribution < 1.29 is 4.79 Å². The van der Waals surface area contributed by atoms with E-state index in [-0.39, 0.29) is 5.91 Å². The van der Waals surface area contributed by atoms with Crippen LogP contribution in [0.5, 0.6) is 0 Å². The van der Waals surface area contributed by atoms with E-state index in [1.54, 1.807) is 0 Å². The molecule has 1 saturated carbocycles. The molecule has 0 aliphatic heterocycles. The van der Waals surface area contributed by atoms with E-state index in [1.165, 1.54) is 19.3 Å². The first-order valence-electron chi connectivity index (χ1n) is 10.1. The maximum atomic E-state index is 12.8. The number of nitrogens with zero attached hydrogens (tertiary/aromatic N) is 4. The van der Waals surface area contributed by atoms with Crippen molar-refractivity contribution in [2.45, 2.75) is 72.0 Å². The molecule has 0 saturated heterocycles. The molecular formula is C21H31N5O. The highest BCUT2D eigenvalue weighted by molar-refractivity contribution is 5.93. The van der Waals surface area contributed by atoms with Gasteiger partial charge in [-0.15, -0.1) is 0 Å². The first-order chi connectivity index (χ1) is 13.1. The molecule has 2 aromatic rings. The molecule has 1 amide bonds. The average Bonchev–Trinajstić information content (AvgIpc) is 2.96. The van der Waals surface area contributed by atoms with Crippen molar-refractivity contribution in [3.8, 4) is 0 Å². The second-order valence-corrected chi connectivity index (χ2v) is 7.43. The molecule has 1 aliphatic carbocycles. The number of hydrogen-bond acceptors (Lipinski definition) is 4. The fourth-order valence-electron chi connectivity index (χ4n) is 4.01. The Morgan fingerprint density at radius 2 is 2.04 bits per heavy atom. The number of rotatable bonds is 7. The van der Waals surface area contributed by atoms with Crippen LogP contribution in [0.4, 0.5) is 5.69 Å². The summed E-state index contributed by atoms with van der Waals surface area (Å²) < 4.78 is 1.93. The molecular weight excluding hydrogens is 338 g/mol. The van der Waals surface area contributed by atoms with Gasteiger partial charge in [0.1, 0.15) is 0 Å². The van der Waals surface area contributed by atoms with Crippen molar-refractivity contribution in [3.63, 3.8) is 0 Å². The number of amides is 1. The number of anilines is 1. The number of carbonyl (C=O) groups excluding carboxylic acids is 1. The highest BCUT2D eigenvalue weighted by Gasteiger charge is 2.24. The Morgan fingerprint density at radius 1 is 1.26 bits per heavy atom. The number of aryl methyl sites for hydroxylation is 2. The average molecular weight is 370 g/mol. The monoisotopic (exact) mass is 369 g/mol. The van der Waals surface area contributed by atoms with Crippen molar-refractivity contribution in [1.29, 1.82) is 0 Å². The van der Waals surface area contributed by atoms with Crippen LogP contribution in [0.3, 0.4) is 0 Å². The Labute approximate surface area is 162 Å². The fraction of sp³-hybridized carbons (Fsp3) is 0.571. The number of aromatic nitrogens is 3. The molecule has 1 aliphatic rings. The predicted molar refractivity (Wildman–Crippen MR) is 108 cm³/mol. The van der Waals surface area contributed by atoms with Crippen LogP contribution in [0, 0.1) is 13.8 Å². The fourth-order valence-corrected chi connectivity index (χ4v) is 4.01. The molecule has 1 fully saturated rings. The van der Waals surface area contributed by atoms with Gasteiger partial charge in [-0.2, -0.15) is 5.10 Å². The molecule has 0 unspecified atom stereocenters. The molecule has 1 N–H and O–H groups in total. The zero-order valence-electron chi connectivity index (χ0n) is 16.7. The molecule has 146 valence electrons. The number of carbonyl (C=O) groups is 1. The van der Waals surface area contributed by atoms with E-state index in [1.807, 2.05) is 42.9 Å². The minimum atomic E-state index is 0.0263. The van der Waals surface area contributed by atoms with Crippen LogP contribution >= 0.6 is 0 Å². The topological polar surface area (TPSA) is 63.1 Å². The molecule has 2 aromatic heterocycles. The molecule has 6 nitrogen and oxygen atoms in total. The summed E-state index contributed by atoms with van der Waals surface area (Å²) in [5.41, 5.74) is 3.75. The van der Waals surface area contributed by atoms with Gasteiger partial charge in [-0.1, -0.05) is 25.3 Å². The van der Waals surface area contributed by atoms with Crippen molar-refractivity contribution in [2.75, 3.05) is 11.9 Å². The van der Waals surface area contributed by atoms with Crippen LogP contribution < -0.4 is 5.32 Å². The Bertz CT molecular complexity index is 749. The van der Waals surface area contributed by atoms with E-state index in [9.17, 15) is 4.79 Å². The molecule has 0 aromatic carbocycles. The SMILES string of the molecule is CCn1nc(C)c(NC(=O)CN(Cc2ccccn2)C2CCCCC2)c1C. The van der Waals surface area contributed by atoms with Gasteiger partial charge in [0.2, 0.25) is 5.91 Å². The standard InChI is InChI=1S/C21H31N5O/c1-4-26-17(3)21(16(2)24-26)23-20(27)15-25(19-11-6-5-7-12-19)14-18-10-8-9-13-22-18/h8-10,13,19H,4-7,11-12,14-15H2,1-3H3,(H,23,27). The third-order valence-corrected chi connectivity index (χ3v) is 5.47. The summed E-state index contributed by atoms with van der Waals surface area (Å²) in [6, 6.07) is 6.42. The van der Waals surface area contributed by atoms with Crippen molar-refractivity contribution >= 4 is 11.6 Å². The lowest BCUT2D eigenvalue weighted by Gasteiger charge is -2.33. The largest absolute Gasteiger partial charge is 0.322 e. The van der Waals surface area contributed by atoms with Gasteiger partial charge < -0.3 is 5.32 Å². The first-order valence-corrected chi connectivity index (χ1v) is 10.1. The Balaban J connectivity index is 1.71. The Morgan fingerprint density at radius 3 is 2.67 bits per heavy atom. The lowest BCUT2D eigenvalue weighted by atomic mass is 9.94. The maximum Gasteiger partial charge on any atom is 0.238 e. The lowest BCUT2D eigenvalue weighted by Crippen LogP contribution is -2.41. The first kappa shape index (κ1) is 19.5. The number of pyridine rings is 1. The predicted octanol–water partition coefficient (Wildman–Crippen LogP) is 3.69. The Hall–Kier alpha value is -2.21. The van der Waals surface area contributed by atoms with Gasteiger partial charge in [0.25, 0.3) is 0 Å². The summed E-state index contributed by atoms with van der Waals surface area (Å²) in [5, 5.41) is 7.60. The van der Waals surface area contributed by atoms with Crippen LogP contribution in [0.1, 0.15) is 56.1 Å². The highest BCUT2D eigenvalue weighted by atomic mass is 16.2. The van der Waals surface area contributed by atoms with E-state index >= 15 is 0 Å². The van der Waals surface area contributed by atoms with E-state index < -0.39 is 0 Å². The molecule has 3 rings (SSSR count). The van der Waals surface area contributed by atoms with E-state index in [0.29, 0.717) is 19.1 Å². The van der Waals surface area contributed by atoms with Gasteiger partial charge in [-0.25, -0.2) is 0 Å². The van der Waals surface area contributed by atoms with Gasteiger partial charge in [-0.3, -0.25) is 19.4 Å². The minimum absolute atomic E-state index is 0.0263. The van der Waals surface area contributed by atoms with Gasteiger partial charge in [0.15, 0.2) is 0 Å². The third kappa shape index (κ3) is 4.95. The third-order valence-electron chi connectivity index (χ3n) is 5.47. The molecule has 2 heterocycles. The lowest BCUT2D eigenvalue weighted by molar-refractivity contribution is -0.118. The van der Waals surface area contributed by atoms with Crippen molar-refractivity contribution in [2.24, 2.45) is 0 Å². The second kappa shape index (κ2) is 9.13. The van der Waals surface area contributed by atoms with E-state index in [0.717, 1.165) is 42.2 Å². The van der Waals surface area contributed by atoms with Gasteiger partial charge in [-0.05, 0) is 45.7 Å². The normalized spacial score (nSPS) is 15.3. The molecule has 6 heteroatoms. The molecule has 0 radical (unpaired) electrons. The summed E-state index contributed by atoms with van der Waals surface area (Å²) in [4.78, 5) is 19.6. The van der Waals surface area contributed by atoms with E-state index in [4.69, 9.17) is 0 Å². The maximum absolute atomic E-state index is 12.8. The Kier molecular flexibility index (Phi) is 6.61. The summed E-state index contributed by atoms with van der Waals surface area (Å²) >= 11 is 0. The van der Waals surface area contributed by atoms with Crippen molar-refractivity contribution in [3.05, 3.63) is 41.5 Å². The zero-order valence-corrected chi connectivity index (χ0v) is 16.7. The molecule has 0 bridgehead atoms. The highest BCUT2D eigenvalue weighted by Crippen LogP contribution is 2.24. The van der Waals surface area contributed by atoms with E-state index in [2.05, 4.69) is 27.2 Å². The zero-order chi connectivity index (χ0) is 19.2. The van der Waals surface area contributed by atoms with Gasteiger partial charge >= 0.3 is 0 Å². The number of nitrogens with one attached hydrogen (secondary N) is 1. The minimum Gasteiger partial charge on any atom is -0.322 e. The van der Waals surface area contributed by atoms with Crippen LogP contribution in [-0.4, -0.2) is 38.2 Å². The van der Waals surface area contributed by atoms with Crippen LogP contribution in [-0.2, 0) is 17.9 Å². The van der Waals surface area contributed by atoms with Gasteiger partial charge in [0, 0.05) is 25.3 Å². The molecule has 27 heavy (non-hydrogen) atoms. The smallest absolute Gasteiger partial charge is 0.238 e. The quantitative estimate of drug-likeness (QED) is 0.808. The molecule has 0 spiro atoms. The summed E-state index contributed by atoms with van der Waals surface area (Å²) in [6.07, 6.45) is 7.92. The summed E-state index contributed by atoms with van der Waals surface area (Å²) in [6.45, 7) is 7.91. The molecule has 0 atom stereocenters. The van der Waals surface area contributed by atoms with Crippen LogP contribution in [0.2, 0.25) is 0 Å². The van der Waals surface area contributed by atoms with Crippen LogP contribution in [0.15, 0.2) is 24.4 Å². The summed E-state index contributed by atoms with van der Waals surface area (Å²) in [5.74, 6) is 0.0263. The van der Waals surface area contributed by atoms with Crippen LogP contribution in [0.25, 0.3) is 0 Å². The number of hydrogen-bond donors (Lipinski definition) is 1.